The van der Waals surface area contributed by atoms with Gasteiger partial charge in [-0.25, -0.2) is 0 Å². The van der Waals surface area contributed by atoms with Crippen LogP contribution in [0.25, 0.3) is 0 Å². The Labute approximate surface area is 114 Å². The van der Waals surface area contributed by atoms with Crippen LogP contribution < -0.4 is 9.62 Å². The van der Waals surface area contributed by atoms with Crippen molar-refractivity contribution < 1.29 is 4.79 Å². The molecule has 0 spiro atoms. The van der Waals surface area contributed by atoms with Crippen molar-refractivity contribution in [3.63, 3.8) is 0 Å². The lowest BCUT2D eigenvalue weighted by atomic mass is 10.3. The van der Waals surface area contributed by atoms with Crippen molar-refractivity contribution in [3.8, 4) is 0 Å². The van der Waals surface area contributed by atoms with Gasteiger partial charge in [0.25, 0.3) is 0 Å². The number of carbonyl (C=O) groups is 1. The molecular weight excluding hydrogens is 264 g/mol. The van der Waals surface area contributed by atoms with Crippen LogP contribution in [0.5, 0.6) is 0 Å². The van der Waals surface area contributed by atoms with Gasteiger partial charge in [0.1, 0.15) is 0 Å². The molecule has 0 bridgehead atoms. The van der Waals surface area contributed by atoms with Gasteiger partial charge in [-0.1, -0.05) is 20.0 Å². The van der Waals surface area contributed by atoms with Crippen LogP contribution >= 0.6 is 20.0 Å². The Morgan fingerprint density at radius 1 is 1.33 bits per heavy atom. The van der Waals surface area contributed by atoms with E-state index in [0.717, 1.165) is 11.5 Å². The molecule has 0 aromatic heterocycles. The maximum atomic E-state index is 11.4. The molecule has 1 fully saturated rings. The first-order chi connectivity index (χ1) is 8.53. The quantitative estimate of drug-likeness (QED) is 0.866. The first kappa shape index (κ1) is 13.6. The molecule has 1 aliphatic heterocycles. The van der Waals surface area contributed by atoms with Gasteiger partial charge in [0.2, 0.25) is 5.91 Å². The Morgan fingerprint density at radius 2 is 2.00 bits per heavy atom. The number of carbonyl (C=O) groups excluding carboxylic acids is 1. The fourth-order valence-electron chi connectivity index (χ4n) is 2.04. The smallest absolute Gasteiger partial charge is 0.226 e. The molecule has 0 aliphatic carbocycles. The maximum Gasteiger partial charge on any atom is 0.226 e. The third-order valence-electron chi connectivity index (χ3n) is 2.90. The van der Waals surface area contributed by atoms with E-state index in [0.29, 0.717) is 0 Å². The third-order valence-corrected chi connectivity index (χ3v) is 9.31. The molecule has 1 saturated heterocycles. The van der Waals surface area contributed by atoms with Crippen molar-refractivity contribution in [2.24, 2.45) is 0 Å². The van der Waals surface area contributed by atoms with Gasteiger partial charge in [0.15, 0.2) is 0 Å². The van der Waals surface area contributed by atoms with Gasteiger partial charge in [-0.05, 0) is 30.7 Å². The lowest BCUT2D eigenvalue weighted by molar-refractivity contribution is -0.117. The van der Waals surface area contributed by atoms with Gasteiger partial charge in [0.05, 0.1) is 0 Å². The highest BCUT2D eigenvalue weighted by molar-refractivity contribution is 8.94. The van der Waals surface area contributed by atoms with Crippen molar-refractivity contribution >= 4 is 31.6 Å². The van der Waals surface area contributed by atoms with Crippen molar-refractivity contribution in [2.45, 2.75) is 18.2 Å². The van der Waals surface area contributed by atoms with E-state index < -0.39 is 9.25 Å². The number of rotatable bonds is 3. The number of benzene rings is 1. The highest BCUT2D eigenvalue weighted by atomic mass is 33.2. The zero-order valence-corrected chi connectivity index (χ0v) is 12.7. The summed E-state index contributed by atoms with van der Waals surface area (Å²) in [6, 6.07) is 8.59. The van der Waals surface area contributed by atoms with Crippen LogP contribution in [0.1, 0.15) is 13.3 Å². The van der Waals surface area contributed by atoms with E-state index in [2.05, 4.69) is 33.9 Å². The van der Waals surface area contributed by atoms with Crippen molar-refractivity contribution in [1.82, 2.24) is 4.72 Å². The van der Waals surface area contributed by atoms with E-state index in [1.165, 1.54) is 17.0 Å². The molecule has 3 nitrogen and oxygen atoms in total. The number of hydrogen-bond donors (Lipinski definition) is 1. The van der Waals surface area contributed by atoms with Crippen LogP contribution in [0.2, 0.25) is 0 Å². The molecule has 0 saturated carbocycles. The predicted octanol–water partition coefficient (Wildman–Crippen LogP) is 3.02. The third kappa shape index (κ3) is 2.78. The molecule has 100 valence electrons. The Balaban J connectivity index is 2.28. The Bertz CT molecular complexity index is 425. The molecule has 0 radical (unpaired) electrons. The number of hydrogen-bond acceptors (Lipinski definition) is 3. The van der Waals surface area contributed by atoms with Crippen LogP contribution in [0.4, 0.5) is 5.69 Å². The second-order valence-electron chi connectivity index (χ2n) is 4.60. The molecule has 1 unspecified atom stereocenters. The molecule has 1 aliphatic rings. The van der Waals surface area contributed by atoms with Crippen LogP contribution in [-0.2, 0) is 4.79 Å². The Hall–Kier alpha value is -0.810. The molecule has 1 amide bonds. The zero-order valence-electron chi connectivity index (χ0n) is 11.1. The standard InChI is InChI=1S/C13H20N2OS2/c1-11(16)14-18(10-4-9-17-18)13-7-5-12(6-8-13)15(2)3/h5-8H,4,9-10H2,1-3H3,(H,14,16). The van der Waals surface area contributed by atoms with Crippen LogP contribution in [0.15, 0.2) is 29.2 Å². The average Bonchev–Trinajstić information content (AvgIpc) is 2.78. The summed E-state index contributed by atoms with van der Waals surface area (Å²) in [4.78, 5) is 14.8. The maximum absolute atomic E-state index is 11.4. The topological polar surface area (TPSA) is 32.3 Å². The Kier molecular flexibility index (Phi) is 4.12. The summed E-state index contributed by atoms with van der Waals surface area (Å²) in [5, 5.41) is 0. The van der Waals surface area contributed by atoms with E-state index >= 15 is 0 Å². The fraction of sp³-hybridized carbons (Fsp3) is 0.462. The summed E-state index contributed by atoms with van der Waals surface area (Å²) in [6.45, 7) is 1.61. The summed E-state index contributed by atoms with van der Waals surface area (Å²) in [6.07, 6.45) is 1.19. The van der Waals surface area contributed by atoms with E-state index in [4.69, 9.17) is 0 Å². The summed E-state index contributed by atoms with van der Waals surface area (Å²) < 4.78 is 3.21. The summed E-state index contributed by atoms with van der Waals surface area (Å²) in [5.74, 6) is 2.32. The molecule has 1 aromatic carbocycles. The summed E-state index contributed by atoms with van der Waals surface area (Å²) >= 11 is 0. The van der Waals surface area contributed by atoms with Crippen LogP contribution in [0, 0.1) is 0 Å². The molecule has 1 N–H and O–H groups in total. The van der Waals surface area contributed by atoms with Gasteiger partial charge in [-0.2, -0.15) is 0 Å². The monoisotopic (exact) mass is 284 g/mol. The first-order valence-electron chi connectivity index (χ1n) is 6.05. The molecule has 1 heterocycles. The van der Waals surface area contributed by atoms with E-state index in [1.54, 1.807) is 6.92 Å². The van der Waals surface area contributed by atoms with Gasteiger partial charge < -0.3 is 9.62 Å². The highest BCUT2D eigenvalue weighted by Crippen LogP contribution is 2.67. The highest BCUT2D eigenvalue weighted by Gasteiger charge is 2.32. The van der Waals surface area contributed by atoms with Gasteiger partial charge in [-0.15, -0.1) is 0 Å². The van der Waals surface area contributed by atoms with E-state index in [-0.39, 0.29) is 5.91 Å². The van der Waals surface area contributed by atoms with Gasteiger partial charge >= 0.3 is 0 Å². The molecular formula is C13H20N2OS2. The average molecular weight is 284 g/mol. The second kappa shape index (κ2) is 5.45. The number of nitrogens with zero attached hydrogens (tertiary/aromatic N) is 1. The summed E-state index contributed by atoms with van der Waals surface area (Å²) in [5.41, 5.74) is 1.19. The Morgan fingerprint density at radius 3 is 2.44 bits per heavy atom. The van der Waals surface area contributed by atoms with Crippen molar-refractivity contribution in [1.29, 1.82) is 0 Å². The van der Waals surface area contributed by atoms with Gasteiger partial charge in [0, 0.05) is 43.1 Å². The van der Waals surface area contributed by atoms with Crippen molar-refractivity contribution in [2.75, 3.05) is 30.5 Å². The van der Waals surface area contributed by atoms with Crippen LogP contribution in [-0.4, -0.2) is 31.5 Å². The minimum Gasteiger partial charge on any atom is -0.378 e. The largest absolute Gasteiger partial charge is 0.378 e. The minimum absolute atomic E-state index is 0.0797. The zero-order chi connectivity index (χ0) is 13.2. The molecule has 1 atom stereocenters. The molecule has 18 heavy (non-hydrogen) atoms. The lowest BCUT2D eigenvalue weighted by Crippen LogP contribution is -2.23. The van der Waals surface area contributed by atoms with Crippen molar-refractivity contribution in [3.05, 3.63) is 24.3 Å². The first-order valence-corrected chi connectivity index (χ1v) is 9.35. The fourth-order valence-corrected chi connectivity index (χ4v) is 8.32. The SMILES string of the molecule is CC(=O)NS1(c2ccc(N(C)C)cc2)CCCS1. The molecule has 5 heteroatoms. The molecule has 2 rings (SSSR count). The predicted molar refractivity (Wildman–Crippen MR) is 82.4 cm³/mol. The van der Waals surface area contributed by atoms with Crippen LogP contribution in [0.3, 0.4) is 0 Å². The summed E-state index contributed by atoms with van der Waals surface area (Å²) in [7, 11) is 4.82. The number of amides is 1. The number of anilines is 1. The number of nitrogens with one attached hydrogen (secondary N) is 1. The lowest BCUT2D eigenvalue weighted by Gasteiger charge is -2.35. The van der Waals surface area contributed by atoms with E-state index in [9.17, 15) is 4.79 Å². The molecule has 1 aromatic rings. The normalized spacial score (nSPS) is 26.4. The van der Waals surface area contributed by atoms with E-state index in [1.807, 2.05) is 24.9 Å². The minimum atomic E-state index is -1.18. The van der Waals surface area contributed by atoms with Gasteiger partial charge in [-0.3, -0.25) is 4.79 Å². The second-order valence-corrected chi connectivity index (χ2v) is 10.1.